The number of hydrazone groups is 1. The molecule has 0 radical (unpaired) electrons. The predicted octanol–water partition coefficient (Wildman–Crippen LogP) is 4.18. The first-order valence-corrected chi connectivity index (χ1v) is 10.4. The maximum Gasteiger partial charge on any atom is 0.343 e. The lowest BCUT2D eigenvalue weighted by atomic mass is 10.2. The second kappa shape index (κ2) is 8.89. The van der Waals surface area contributed by atoms with Crippen LogP contribution in [-0.4, -0.2) is 20.6 Å². The van der Waals surface area contributed by atoms with Crippen molar-refractivity contribution in [1.29, 1.82) is 0 Å². The highest BCUT2D eigenvalue weighted by molar-refractivity contribution is 7.89. The van der Waals surface area contributed by atoms with Crippen LogP contribution in [0.5, 0.6) is 5.75 Å². The topological polar surface area (TPSA) is 84.8 Å². The zero-order valence-electron chi connectivity index (χ0n) is 15.4. The summed E-state index contributed by atoms with van der Waals surface area (Å²) in [5, 5.41) is 4.30. The second-order valence-electron chi connectivity index (χ2n) is 6.10. The second-order valence-corrected chi connectivity index (χ2v) is 8.20. The summed E-state index contributed by atoms with van der Waals surface area (Å²) in [6.07, 6.45) is 1.27. The Morgan fingerprint density at radius 2 is 1.66 bits per heavy atom. The van der Waals surface area contributed by atoms with Crippen molar-refractivity contribution in [3.05, 3.63) is 94.5 Å². The number of ether oxygens (including phenoxy) is 1. The molecule has 0 aliphatic heterocycles. The van der Waals surface area contributed by atoms with E-state index >= 15 is 0 Å². The number of halogens is 1. The van der Waals surface area contributed by atoms with Gasteiger partial charge in [-0.2, -0.15) is 13.5 Å². The van der Waals surface area contributed by atoms with Gasteiger partial charge in [-0.05, 0) is 55.5 Å². The van der Waals surface area contributed by atoms with E-state index in [0.29, 0.717) is 16.1 Å². The van der Waals surface area contributed by atoms with Crippen LogP contribution in [-0.2, 0) is 10.0 Å². The number of carbonyl (C=O) groups excluding carboxylic acids is 1. The number of para-hydroxylation sites is 1. The van der Waals surface area contributed by atoms with Gasteiger partial charge in [0, 0.05) is 10.6 Å². The number of nitrogens with one attached hydrogen (secondary N) is 1. The van der Waals surface area contributed by atoms with Gasteiger partial charge in [0.05, 0.1) is 16.7 Å². The molecule has 3 aromatic carbocycles. The lowest BCUT2D eigenvalue weighted by Crippen LogP contribution is -2.18. The third-order valence-electron chi connectivity index (χ3n) is 3.91. The zero-order valence-corrected chi connectivity index (χ0v) is 16.9. The van der Waals surface area contributed by atoms with Crippen LogP contribution >= 0.6 is 11.6 Å². The van der Waals surface area contributed by atoms with E-state index in [4.69, 9.17) is 16.3 Å². The highest BCUT2D eigenvalue weighted by Crippen LogP contribution is 2.19. The Kier molecular flexibility index (Phi) is 6.31. The molecule has 3 rings (SSSR count). The van der Waals surface area contributed by atoms with Crippen molar-refractivity contribution in [1.82, 2.24) is 4.83 Å². The first-order valence-electron chi connectivity index (χ1n) is 8.53. The molecule has 0 fully saturated rings. The monoisotopic (exact) mass is 428 g/mol. The quantitative estimate of drug-likeness (QED) is 0.276. The van der Waals surface area contributed by atoms with Gasteiger partial charge in [-0.15, -0.1) is 0 Å². The molecule has 148 valence electrons. The number of nitrogens with zero attached hydrogens (tertiary/aromatic N) is 1. The van der Waals surface area contributed by atoms with Gasteiger partial charge in [-0.1, -0.05) is 41.4 Å². The predicted molar refractivity (Wildman–Crippen MR) is 112 cm³/mol. The number of carbonyl (C=O) groups is 1. The van der Waals surface area contributed by atoms with Crippen molar-refractivity contribution in [2.45, 2.75) is 11.8 Å². The molecule has 1 N–H and O–H groups in total. The maximum atomic E-state index is 12.3. The smallest absolute Gasteiger partial charge is 0.343 e. The zero-order chi connectivity index (χ0) is 20.9. The molecule has 0 spiro atoms. The Labute approximate surface area is 173 Å². The van der Waals surface area contributed by atoms with E-state index in [-0.39, 0.29) is 10.6 Å². The minimum absolute atomic E-state index is 0.0997. The van der Waals surface area contributed by atoms with Crippen LogP contribution in [0.15, 0.2) is 82.8 Å². The summed E-state index contributed by atoms with van der Waals surface area (Å²) < 4.78 is 30.0. The van der Waals surface area contributed by atoms with Crippen molar-refractivity contribution in [3.63, 3.8) is 0 Å². The Balaban J connectivity index is 1.74. The minimum atomic E-state index is -3.80. The summed E-state index contributed by atoms with van der Waals surface area (Å²) in [6, 6.07) is 19.3. The van der Waals surface area contributed by atoms with E-state index in [1.54, 1.807) is 60.7 Å². The summed E-state index contributed by atoms with van der Waals surface area (Å²) in [5.74, 6) is -0.325. The molecule has 0 saturated carbocycles. The van der Waals surface area contributed by atoms with Crippen molar-refractivity contribution in [3.8, 4) is 5.75 Å². The number of aryl methyl sites for hydroxylation is 1. The first kappa shape index (κ1) is 20.6. The van der Waals surface area contributed by atoms with Crippen LogP contribution < -0.4 is 9.57 Å². The van der Waals surface area contributed by atoms with Gasteiger partial charge in [0.15, 0.2) is 0 Å². The van der Waals surface area contributed by atoms with E-state index in [2.05, 4.69) is 9.93 Å². The van der Waals surface area contributed by atoms with Crippen molar-refractivity contribution < 1.29 is 17.9 Å². The Morgan fingerprint density at radius 3 is 2.34 bits per heavy atom. The standard InChI is InChI=1S/C21H17ClN2O4S/c1-15-6-12-19(13-7-15)29(26,27)24-23-14-17-4-2-3-5-20(17)28-21(25)16-8-10-18(22)11-9-16/h2-14,24H,1H3. The highest BCUT2D eigenvalue weighted by atomic mass is 35.5. The van der Waals surface area contributed by atoms with Crippen LogP contribution in [0, 0.1) is 6.92 Å². The van der Waals surface area contributed by atoms with Crippen LogP contribution in [0.3, 0.4) is 0 Å². The van der Waals surface area contributed by atoms with Crippen molar-refractivity contribution in [2.24, 2.45) is 5.10 Å². The molecule has 0 atom stereocenters. The van der Waals surface area contributed by atoms with Gasteiger partial charge < -0.3 is 4.74 Å². The minimum Gasteiger partial charge on any atom is -0.422 e. The molecule has 29 heavy (non-hydrogen) atoms. The molecule has 6 nitrogen and oxygen atoms in total. The highest BCUT2D eigenvalue weighted by Gasteiger charge is 2.13. The van der Waals surface area contributed by atoms with Crippen LogP contribution in [0.25, 0.3) is 0 Å². The summed E-state index contributed by atoms with van der Waals surface area (Å²) >= 11 is 5.82. The molecule has 8 heteroatoms. The lowest BCUT2D eigenvalue weighted by Gasteiger charge is -2.08. The van der Waals surface area contributed by atoms with E-state index in [0.717, 1.165) is 5.56 Å². The molecule has 0 aliphatic carbocycles. The fraction of sp³-hybridized carbons (Fsp3) is 0.0476. The van der Waals surface area contributed by atoms with E-state index in [9.17, 15) is 13.2 Å². The molecule has 0 heterocycles. The lowest BCUT2D eigenvalue weighted by molar-refractivity contribution is 0.0734. The first-order chi connectivity index (χ1) is 13.8. The molecule has 0 amide bonds. The van der Waals surface area contributed by atoms with Gasteiger partial charge in [-0.3, -0.25) is 0 Å². The molecule has 0 unspecified atom stereocenters. The average molecular weight is 429 g/mol. The van der Waals surface area contributed by atoms with E-state index < -0.39 is 16.0 Å². The number of hydrogen-bond donors (Lipinski definition) is 1. The number of hydrogen-bond acceptors (Lipinski definition) is 5. The Hall–Kier alpha value is -3.16. The van der Waals surface area contributed by atoms with Crippen molar-refractivity contribution >= 4 is 33.8 Å². The fourth-order valence-corrected chi connectivity index (χ4v) is 3.28. The SMILES string of the molecule is Cc1ccc(S(=O)(=O)NN=Cc2ccccc2OC(=O)c2ccc(Cl)cc2)cc1. The number of sulfonamides is 1. The normalized spacial score (nSPS) is 11.4. The number of benzene rings is 3. The van der Waals surface area contributed by atoms with Gasteiger partial charge in [0.25, 0.3) is 10.0 Å². The Bertz CT molecular complexity index is 1140. The molecule has 0 aromatic heterocycles. The molecular formula is C21H17ClN2O4S. The van der Waals surface area contributed by atoms with Crippen LogP contribution in [0.2, 0.25) is 5.02 Å². The van der Waals surface area contributed by atoms with E-state index in [1.807, 2.05) is 6.92 Å². The molecule has 0 aliphatic rings. The van der Waals surface area contributed by atoms with Gasteiger partial charge in [-0.25, -0.2) is 9.63 Å². The number of rotatable bonds is 6. The molecule has 0 saturated heterocycles. The summed E-state index contributed by atoms with van der Waals surface area (Å²) in [5.41, 5.74) is 1.71. The van der Waals surface area contributed by atoms with Crippen LogP contribution in [0.1, 0.15) is 21.5 Å². The summed E-state index contributed by atoms with van der Waals surface area (Å²) in [6.45, 7) is 1.87. The van der Waals surface area contributed by atoms with Crippen LogP contribution in [0.4, 0.5) is 0 Å². The molecule has 0 bridgehead atoms. The summed E-state index contributed by atoms with van der Waals surface area (Å²) in [4.78, 5) is 14.5. The third kappa shape index (κ3) is 5.43. The van der Waals surface area contributed by atoms with Gasteiger partial charge in [0.2, 0.25) is 0 Å². The average Bonchev–Trinajstić information content (AvgIpc) is 2.70. The van der Waals surface area contributed by atoms with Crippen molar-refractivity contribution in [2.75, 3.05) is 0 Å². The summed E-state index contributed by atoms with van der Waals surface area (Å²) in [7, 11) is -3.80. The third-order valence-corrected chi connectivity index (χ3v) is 5.40. The molecular weight excluding hydrogens is 412 g/mol. The maximum absolute atomic E-state index is 12.3. The van der Waals surface area contributed by atoms with Gasteiger partial charge in [0.1, 0.15) is 5.75 Å². The van der Waals surface area contributed by atoms with Gasteiger partial charge >= 0.3 is 5.97 Å². The largest absolute Gasteiger partial charge is 0.422 e. The number of esters is 1. The molecule has 3 aromatic rings. The van der Waals surface area contributed by atoms with E-state index in [1.165, 1.54) is 18.3 Å². The Morgan fingerprint density at radius 1 is 1.00 bits per heavy atom. The fourth-order valence-electron chi connectivity index (χ4n) is 2.36.